The largest absolute Gasteiger partial charge is 0.382 e. The number of benzene rings is 2. The maximum absolute atomic E-state index is 14.1. The molecule has 34 heavy (non-hydrogen) atoms. The number of aliphatic imine (C=N–C) groups is 1. The first kappa shape index (κ1) is 22.8. The second-order valence-corrected chi connectivity index (χ2v) is 9.42. The smallest absolute Gasteiger partial charge is 0.134 e. The highest BCUT2D eigenvalue weighted by Crippen LogP contribution is 2.34. The van der Waals surface area contributed by atoms with E-state index in [2.05, 4.69) is 20.6 Å². The van der Waals surface area contributed by atoms with E-state index in [0.717, 1.165) is 34.9 Å². The maximum Gasteiger partial charge on any atom is 0.134 e. The summed E-state index contributed by atoms with van der Waals surface area (Å²) in [6, 6.07) is 12.7. The molecule has 2 aromatic carbocycles. The van der Waals surface area contributed by atoms with Crippen molar-refractivity contribution >= 4 is 39.6 Å². The zero-order chi connectivity index (χ0) is 23.7. The van der Waals surface area contributed by atoms with Crippen LogP contribution in [0.5, 0.6) is 0 Å². The molecule has 1 fully saturated rings. The van der Waals surface area contributed by atoms with E-state index in [1.165, 1.54) is 6.07 Å². The van der Waals surface area contributed by atoms with E-state index < -0.39 is 5.60 Å². The van der Waals surface area contributed by atoms with Gasteiger partial charge in [0.1, 0.15) is 17.3 Å². The Labute approximate surface area is 202 Å². The van der Waals surface area contributed by atoms with Gasteiger partial charge in [-0.05, 0) is 55.0 Å². The average Bonchev–Trinajstić information content (AvgIpc) is 2.86. The molecular formula is C26H27ClFN5O. The van der Waals surface area contributed by atoms with Crippen LogP contribution in [0.15, 0.2) is 59.9 Å². The summed E-state index contributed by atoms with van der Waals surface area (Å²) in [4.78, 5) is 9.00. The highest BCUT2D eigenvalue weighted by molar-refractivity contribution is 6.34. The van der Waals surface area contributed by atoms with E-state index in [1.807, 2.05) is 24.4 Å². The van der Waals surface area contributed by atoms with Crippen LogP contribution in [0, 0.1) is 5.82 Å². The van der Waals surface area contributed by atoms with E-state index in [9.17, 15) is 9.50 Å². The van der Waals surface area contributed by atoms with Crippen molar-refractivity contribution in [2.24, 2.45) is 10.7 Å². The van der Waals surface area contributed by atoms with Gasteiger partial charge in [0.05, 0.1) is 16.2 Å². The molecule has 176 valence electrons. The molecule has 8 heteroatoms. The molecule has 2 aliphatic rings. The van der Waals surface area contributed by atoms with Gasteiger partial charge < -0.3 is 21.5 Å². The van der Waals surface area contributed by atoms with Gasteiger partial charge >= 0.3 is 0 Å². The first-order valence-corrected chi connectivity index (χ1v) is 11.9. The number of rotatable bonds is 5. The normalized spacial score (nSPS) is 22.6. The SMILES string of the molecule is NC1CCC(O)(C2=NC=C(c3ccc4ncc(Cl)c(NCc5ccccc5F)c4c3)CN2)CC1. The van der Waals surface area contributed by atoms with Gasteiger partial charge in [0.25, 0.3) is 0 Å². The molecule has 3 aromatic rings. The van der Waals surface area contributed by atoms with Gasteiger partial charge in [0, 0.05) is 42.5 Å². The first-order valence-electron chi connectivity index (χ1n) is 11.5. The van der Waals surface area contributed by atoms with Gasteiger partial charge in [-0.2, -0.15) is 0 Å². The second-order valence-electron chi connectivity index (χ2n) is 9.01. The van der Waals surface area contributed by atoms with Gasteiger partial charge in [-0.25, -0.2) is 9.38 Å². The third kappa shape index (κ3) is 4.51. The molecule has 6 nitrogen and oxygen atoms in total. The minimum Gasteiger partial charge on any atom is -0.382 e. The number of hydrogen-bond acceptors (Lipinski definition) is 6. The van der Waals surface area contributed by atoms with Crippen LogP contribution < -0.4 is 16.4 Å². The summed E-state index contributed by atoms with van der Waals surface area (Å²) < 4.78 is 14.1. The molecule has 0 bridgehead atoms. The van der Waals surface area contributed by atoms with Crippen LogP contribution in [0.25, 0.3) is 16.5 Å². The quantitative estimate of drug-likeness (QED) is 0.428. The van der Waals surface area contributed by atoms with E-state index in [4.69, 9.17) is 17.3 Å². The number of pyridine rings is 1. The van der Waals surface area contributed by atoms with Gasteiger partial charge in [-0.3, -0.25) is 4.98 Å². The lowest BCUT2D eigenvalue weighted by molar-refractivity contribution is 0.0620. The molecule has 0 spiro atoms. The van der Waals surface area contributed by atoms with Crippen molar-refractivity contribution in [1.82, 2.24) is 10.3 Å². The van der Waals surface area contributed by atoms with Crippen molar-refractivity contribution in [2.75, 3.05) is 11.9 Å². The number of halogens is 2. The Hall–Kier alpha value is -3.00. The van der Waals surface area contributed by atoms with Crippen LogP contribution in [0.1, 0.15) is 36.8 Å². The molecule has 2 heterocycles. The van der Waals surface area contributed by atoms with E-state index >= 15 is 0 Å². The van der Waals surface area contributed by atoms with E-state index in [0.29, 0.717) is 48.0 Å². The Morgan fingerprint density at radius 3 is 2.74 bits per heavy atom. The molecule has 1 saturated carbocycles. The van der Waals surface area contributed by atoms with Crippen LogP contribution in [-0.4, -0.2) is 34.1 Å². The predicted octanol–water partition coefficient (Wildman–Crippen LogP) is 4.61. The van der Waals surface area contributed by atoms with Crippen LogP contribution in [-0.2, 0) is 6.54 Å². The summed E-state index contributed by atoms with van der Waals surface area (Å²) in [5.74, 6) is 0.347. The van der Waals surface area contributed by atoms with Gasteiger partial charge in [0.15, 0.2) is 0 Å². The van der Waals surface area contributed by atoms with Gasteiger partial charge in [-0.15, -0.1) is 0 Å². The van der Waals surface area contributed by atoms with Gasteiger partial charge in [-0.1, -0.05) is 35.9 Å². The number of nitrogens with one attached hydrogen (secondary N) is 2. The lowest BCUT2D eigenvalue weighted by atomic mass is 9.81. The second kappa shape index (κ2) is 9.33. The summed E-state index contributed by atoms with van der Waals surface area (Å²) in [5, 5.41) is 18.9. The third-order valence-electron chi connectivity index (χ3n) is 6.70. The fourth-order valence-corrected chi connectivity index (χ4v) is 4.82. The Balaban J connectivity index is 1.43. The van der Waals surface area contributed by atoms with Crippen molar-refractivity contribution in [2.45, 2.75) is 43.9 Å². The molecule has 1 aromatic heterocycles. The molecule has 1 aliphatic carbocycles. The molecule has 0 saturated heterocycles. The van der Waals surface area contributed by atoms with Crippen LogP contribution in [0.4, 0.5) is 10.1 Å². The molecule has 1 aliphatic heterocycles. The number of aromatic nitrogens is 1. The van der Waals surface area contributed by atoms with Crippen LogP contribution >= 0.6 is 11.6 Å². The fourth-order valence-electron chi connectivity index (χ4n) is 4.60. The molecule has 0 amide bonds. The molecule has 0 unspecified atom stereocenters. The highest BCUT2D eigenvalue weighted by Gasteiger charge is 2.37. The highest BCUT2D eigenvalue weighted by atomic mass is 35.5. The average molecular weight is 480 g/mol. The minimum absolute atomic E-state index is 0.148. The number of nitrogens with two attached hydrogens (primary N) is 1. The minimum atomic E-state index is -0.942. The first-order chi connectivity index (χ1) is 16.4. The molecule has 0 atom stereocenters. The summed E-state index contributed by atoms with van der Waals surface area (Å²) in [6.07, 6.45) is 6.20. The predicted molar refractivity (Wildman–Crippen MR) is 135 cm³/mol. The molecular weight excluding hydrogens is 453 g/mol. The van der Waals surface area contributed by atoms with E-state index in [1.54, 1.807) is 24.4 Å². The maximum atomic E-state index is 14.1. The summed E-state index contributed by atoms with van der Waals surface area (Å²) >= 11 is 6.47. The molecule has 5 N–H and O–H groups in total. The summed E-state index contributed by atoms with van der Waals surface area (Å²) in [6.45, 7) is 0.848. The number of amidine groups is 1. The lowest BCUT2D eigenvalue weighted by Crippen LogP contribution is -2.51. The van der Waals surface area contributed by atoms with Crippen LogP contribution in [0.2, 0.25) is 5.02 Å². The fraction of sp³-hybridized carbons (Fsp3) is 0.308. The number of nitrogens with zero attached hydrogens (tertiary/aromatic N) is 2. The number of aliphatic hydroxyl groups is 1. The van der Waals surface area contributed by atoms with Crippen molar-refractivity contribution in [3.05, 3.63) is 76.8 Å². The van der Waals surface area contributed by atoms with Crippen molar-refractivity contribution in [1.29, 1.82) is 0 Å². The van der Waals surface area contributed by atoms with Crippen molar-refractivity contribution < 1.29 is 9.50 Å². The zero-order valence-electron chi connectivity index (χ0n) is 18.7. The van der Waals surface area contributed by atoms with Crippen LogP contribution in [0.3, 0.4) is 0 Å². The van der Waals surface area contributed by atoms with Crippen molar-refractivity contribution in [3.8, 4) is 0 Å². The summed E-state index contributed by atoms with van der Waals surface area (Å²) in [7, 11) is 0. The third-order valence-corrected chi connectivity index (χ3v) is 6.99. The zero-order valence-corrected chi connectivity index (χ0v) is 19.4. The topological polar surface area (TPSA) is 95.6 Å². The number of fused-ring (bicyclic) bond motifs is 1. The Kier molecular flexibility index (Phi) is 6.25. The standard InChI is InChI=1S/C26H27ClFN5O/c27-21-15-30-23-6-5-16(11-20(23)24(21)31-12-17-3-1-2-4-22(17)28)18-13-32-25(33-14-18)26(34)9-7-19(29)8-10-26/h1-6,11,13,15,19,34H,7-10,12,14,29H2,(H,30,31)(H,32,33). The Morgan fingerprint density at radius 1 is 1.21 bits per heavy atom. The van der Waals surface area contributed by atoms with E-state index in [-0.39, 0.29) is 11.9 Å². The Morgan fingerprint density at radius 2 is 2.00 bits per heavy atom. The number of hydrogen-bond donors (Lipinski definition) is 4. The van der Waals surface area contributed by atoms with Crippen molar-refractivity contribution in [3.63, 3.8) is 0 Å². The van der Waals surface area contributed by atoms with Gasteiger partial charge in [0.2, 0.25) is 0 Å². The number of anilines is 1. The summed E-state index contributed by atoms with van der Waals surface area (Å²) in [5.41, 5.74) is 9.06. The lowest BCUT2D eigenvalue weighted by Gasteiger charge is -2.36. The monoisotopic (exact) mass is 479 g/mol. The Bertz CT molecular complexity index is 1280. The molecule has 5 rings (SSSR count). The molecule has 0 radical (unpaired) electrons.